The van der Waals surface area contributed by atoms with E-state index in [0.29, 0.717) is 18.5 Å². The van der Waals surface area contributed by atoms with E-state index in [4.69, 9.17) is 4.74 Å². The normalized spacial score (nSPS) is 14.6. The molecule has 2 N–H and O–H groups in total. The zero-order valence-corrected chi connectivity index (χ0v) is 16.6. The molecule has 0 aliphatic carbocycles. The van der Waals surface area contributed by atoms with E-state index in [1.807, 2.05) is 13.8 Å². The van der Waals surface area contributed by atoms with Crippen LogP contribution in [-0.4, -0.2) is 45.8 Å². The van der Waals surface area contributed by atoms with Crippen LogP contribution >= 0.6 is 0 Å². The first-order valence-electron chi connectivity index (χ1n) is 9.11. The Labute approximate surface area is 159 Å². The van der Waals surface area contributed by atoms with Gasteiger partial charge in [-0.25, -0.2) is 9.59 Å². The molecule has 0 radical (unpaired) electrons. The highest BCUT2D eigenvalue weighted by Gasteiger charge is 2.50. The Morgan fingerprint density at radius 3 is 1.96 bits per heavy atom. The quantitative estimate of drug-likeness (QED) is 0.736. The van der Waals surface area contributed by atoms with Gasteiger partial charge in [-0.2, -0.15) is 0 Å². The van der Waals surface area contributed by atoms with E-state index >= 15 is 0 Å². The van der Waals surface area contributed by atoms with Crippen molar-refractivity contribution in [1.82, 2.24) is 0 Å². The number of hydrogen-bond donors (Lipinski definition) is 2. The van der Waals surface area contributed by atoms with Crippen LogP contribution in [0, 0.1) is 0 Å². The molecule has 1 amide bonds. The van der Waals surface area contributed by atoms with Crippen LogP contribution in [0.25, 0.3) is 0 Å². The highest BCUT2D eigenvalue weighted by Crippen LogP contribution is 2.28. The molecule has 7 heteroatoms. The van der Waals surface area contributed by atoms with Crippen molar-refractivity contribution in [2.45, 2.75) is 65.1 Å². The third-order valence-corrected chi connectivity index (χ3v) is 3.95. The molecule has 1 aromatic rings. The smallest absolute Gasteiger partial charge is 0.348 e. The topological polar surface area (TPSA) is 104 Å². The summed E-state index contributed by atoms with van der Waals surface area (Å²) in [6, 6.07) is 6.66. The average Bonchev–Trinajstić information content (AvgIpc) is 3.01. The van der Waals surface area contributed by atoms with Crippen molar-refractivity contribution in [1.29, 1.82) is 0 Å². The maximum Gasteiger partial charge on any atom is 0.348 e. The number of hydrogen-bond acceptors (Lipinski definition) is 4. The number of nitrogens with zero attached hydrogens (tertiary/aromatic N) is 1. The van der Waals surface area contributed by atoms with Crippen molar-refractivity contribution >= 4 is 23.5 Å². The van der Waals surface area contributed by atoms with Crippen molar-refractivity contribution in [3.63, 3.8) is 0 Å². The van der Waals surface area contributed by atoms with Gasteiger partial charge in [0.05, 0.1) is 5.60 Å². The van der Waals surface area contributed by atoms with Gasteiger partial charge in [0.1, 0.15) is 0 Å². The van der Waals surface area contributed by atoms with E-state index in [9.17, 15) is 24.6 Å². The Kier molecular flexibility index (Phi) is 7.54. The lowest BCUT2D eigenvalue weighted by Crippen LogP contribution is -2.54. The summed E-state index contributed by atoms with van der Waals surface area (Å²) in [6.07, 6.45) is 1.01. The average molecular weight is 379 g/mol. The van der Waals surface area contributed by atoms with Crippen molar-refractivity contribution in [2.24, 2.45) is 0 Å². The highest BCUT2D eigenvalue weighted by atomic mass is 16.6. The number of benzene rings is 1. The van der Waals surface area contributed by atoms with Crippen LogP contribution in [0.3, 0.4) is 0 Å². The van der Waals surface area contributed by atoms with Gasteiger partial charge in [-0.3, -0.25) is 4.79 Å². The van der Waals surface area contributed by atoms with Gasteiger partial charge in [0, 0.05) is 25.1 Å². The van der Waals surface area contributed by atoms with Gasteiger partial charge in [0.2, 0.25) is 5.91 Å². The number of anilines is 1. The van der Waals surface area contributed by atoms with Gasteiger partial charge in [-0.05, 0) is 44.9 Å². The SMILES string of the molecule is CC.CC(C)(C)OC(Cc1ccc(N2CCCC2=O)cc1)(C(=O)O)C(=O)O. The molecule has 7 nitrogen and oxygen atoms in total. The Balaban J connectivity index is 0.00000176. The highest BCUT2D eigenvalue weighted by molar-refractivity contribution is 6.02. The second kappa shape index (κ2) is 8.99. The fourth-order valence-corrected chi connectivity index (χ4v) is 2.89. The summed E-state index contributed by atoms with van der Waals surface area (Å²) in [7, 11) is 0. The zero-order chi connectivity index (χ0) is 20.8. The van der Waals surface area contributed by atoms with Gasteiger partial charge in [0.15, 0.2) is 0 Å². The molecule has 0 atom stereocenters. The lowest BCUT2D eigenvalue weighted by atomic mass is 9.93. The van der Waals surface area contributed by atoms with Crippen molar-refractivity contribution < 1.29 is 29.3 Å². The first-order chi connectivity index (χ1) is 12.5. The first-order valence-corrected chi connectivity index (χ1v) is 9.11. The van der Waals surface area contributed by atoms with Gasteiger partial charge in [-0.1, -0.05) is 26.0 Å². The summed E-state index contributed by atoms with van der Waals surface area (Å²) < 4.78 is 5.44. The van der Waals surface area contributed by atoms with E-state index in [1.165, 1.54) is 0 Å². The largest absolute Gasteiger partial charge is 0.479 e. The van der Waals surface area contributed by atoms with Crippen molar-refractivity contribution in [2.75, 3.05) is 11.4 Å². The molecule has 2 rings (SSSR count). The Morgan fingerprint density at radius 2 is 1.59 bits per heavy atom. The molecule has 1 aliphatic rings. The molecule has 1 aliphatic heterocycles. The molecule has 27 heavy (non-hydrogen) atoms. The van der Waals surface area contributed by atoms with E-state index in [0.717, 1.165) is 12.1 Å². The van der Waals surface area contributed by atoms with Gasteiger partial charge in [-0.15, -0.1) is 0 Å². The van der Waals surface area contributed by atoms with Gasteiger partial charge < -0.3 is 19.8 Å². The molecular weight excluding hydrogens is 350 g/mol. The summed E-state index contributed by atoms with van der Waals surface area (Å²) in [4.78, 5) is 36.8. The zero-order valence-electron chi connectivity index (χ0n) is 16.6. The summed E-state index contributed by atoms with van der Waals surface area (Å²) in [5, 5.41) is 19.0. The van der Waals surface area contributed by atoms with Crippen molar-refractivity contribution in [3.05, 3.63) is 29.8 Å². The van der Waals surface area contributed by atoms with Crippen LogP contribution < -0.4 is 4.90 Å². The van der Waals surface area contributed by atoms with E-state index in [-0.39, 0.29) is 12.3 Å². The molecule has 150 valence electrons. The third kappa shape index (κ3) is 5.53. The van der Waals surface area contributed by atoms with Gasteiger partial charge >= 0.3 is 11.9 Å². The molecular formula is C20H29NO6. The standard InChI is InChI=1S/C18H23NO6.C2H6/c1-17(2,3)25-18(15(21)22,16(23)24)11-12-6-8-13(9-7-12)19-10-4-5-14(19)20;1-2/h6-9H,4-5,10-11H2,1-3H3,(H,21,22)(H,23,24);1-2H3. The number of aliphatic carboxylic acids is 2. The van der Waals surface area contributed by atoms with Crippen LogP contribution in [0.15, 0.2) is 24.3 Å². The fraction of sp³-hybridized carbons (Fsp3) is 0.550. The number of carboxylic acid groups (broad SMARTS) is 2. The lowest BCUT2D eigenvalue weighted by Gasteiger charge is -2.33. The molecule has 0 aromatic heterocycles. The maximum absolute atomic E-state index is 11.8. The molecule has 1 aromatic carbocycles. The molecule has 1 saturated heterocycles. The van der Waals surface area contributed by atoms with Crippen LogP contribution in [0.2, 0.25) is 0 Å². The summed E-state index contributed by atoms with van der Waals surface area (Å²) >= 11 is 0. The molecule has 0 bridgehead atoms. The molecule has 0 unspecified atom stereocenters. The van der Waals surface area contributed by atoms with Crippen molar-refractivity contribution in [3.8, 4) is 0 Å². The monoisotopic (exact) mass is 379 g/mol. The Bertz CT molecular complexity index is 661. The van der Waals surface area contributed by atoms with E-state index < -0.39 is 23.1 Å². The summed E-state index contributed by atoms with van der Waals surface area (Å²) in [5.74, 6) is -3.04. The van der Waals surface area contributed by atoms with E-state index in [2.05, 4.69) is 0 Å². The molecule has 0 saturated carbocycles. The second-order valence-electron chi connectivity index (χ2n) is 7.14. The van der Waals surface area contributed by atoms with E-state index in [1.54, 1.807) is 49.9 Å². The predicted octanol–water partition coefficient (Wildman–Crippen LogP) is 3.11. The predicted molar refractivity (Wildman–Crippen MR) is 102 cm³/mol. The van der Waals surface area contributed by atoms with Crippen LogP contribution in [0.1, 0.15) is 53.0 Å². The number of carbonyl (C=O) groups is 3. The number of amides is 1. The Morgan fingerprint density at radius 1 is 1.07 bits per heavy atom. The minimum atomic E-state index is -2.37. The van der Waals surface area contributed by atoms with Crippen LogP contribution in [-0.2, 0) is 25.5 Å². The number of carbonyl (C=O) groups excluding carboxylic acids is 1. The lowest BCUT2D eigenvalue weighted by molar-refractivity contribution is -0.199. The minimum Gasteiger partial charge on any atom is -0.479 e. The molecule has 0 spiro atoms. The van der Waals surface area contributed by atoms with Gasteiger partial charge in [0.25, 0.3) is 5.60 Å². The Hall–Kier alpha value is -2.41. The summed E-state index contributed by atoms with van der Waals surface area (Å²) in [5.41, 5.74) is -2.09. The maximum atomic E-state index is 11.8. The second-order valence-corrected chi connectivity index (χ2v) is 7.14. The first kappa shape index (κ1) is 22.6. The number of rotatable bonds is 6. The molecule has 1 fully saturated rings. The fourth-order valence-electron chi connectivity index (χ4n) is 2.89. The number of ether oxygens (including phenoxy) is 1. The molecule has 1 heterocycles. The van der Waals surface area contributed by atoms with Crippen LogP contribution in [0.4, 0.5) is 5.69 Å². The summed E-state index contributed by atoms with van der Waals surface area (Å²) in [6.45, 7) is 9.47. The third-order valence-electron chi connectivity index (χ3n) is 3.95. The van der Waals surface area contributed by atoms with Crippen LogP contribution in [0.5, 0.6) is 0 Å². The number of carboxylic acids is 2. The minimum absolute atomic E-state index is 0.0502.